The van der Waals surface area contributed by atoms with Crippen molar-refractivity contribution < 1.29 is 27.9 Å². The van der Waals surface area contributed by atoms with Crippen molar-refractivity contribution in [1.82, 2.24) is 5.43 Å². The van der Waals surface area contributed by atoms with Crippen molar-refractivity contribution in [3.8, 4) is 11.5 Å². The number of aryl methyl sites for hydroxylation is 1. The smallest absolute Gasteiger partial charge is 0.307 e. The highest BCUT2D eigenvalue weighted by atomic mass is 16.7. The van der Waals surface area contributed by atoms with Gasteiger partial charge in [-0.05, 0) is 44.0 Å². The van der Waals surface area contributed by atoms with Crippen LogP contribution in [0.5, 0.6) is 11.5 Å². The fourth-order valence-electron chi connectivity index (χ4n) is 3.74. The second kappa shape index (κ2) is 7.67. The van der Waals surface area contributed by atoms with Crippen molar-refractivity contribution in [2.75, 3.05) is 12.1 Å². The van der Waals surface area contributed by atoms with E-state index < -0.39 is 5.91 Å². The van der Waals surface area contributed by atoms with Crippen LogP contribution in [-0.4, -0.2) is 24.3 Å². The Morgan fingerprint density at radius 2 is 1.94 bits per heavy atom. The lowest BCUT2D eigenvalue weighted by Crippen LogP contribution is -2.21. The number of hydrogen-bond donors (Lipinski definition) is 2. The van der Waals surface area contributed by atoms with E-state index in [0.717, 1.165) is 12.0 Å². The van der Waals surface area contributed by atoms with Gasteiger partial charge in [-0.25, -0.2) is 5.43 Å². The summed E-state index contributed by atoms with van der Waals surface area (Å²) in [5, 5.41) is 7.10. The molecule has 9 nitrogen and oxygen atoms in total. The van der Waals surface area contributed by atoms with Crippen LogP contribution < -0.4 is 20.2 Å². The largest absolute Gasteiger partial charge is 0.459 e. The molecule has 2 N–H and O–H groups in total. The monoisotopic (exact) mass is 421 g/mol. The number of rotatable bonds is 4. The third kappa shape index (κ3) is 3.54. The van der Waals surface area contributed by atoms with Crippen molar-refractivity contribution in [1.29, 1.82) is 0 Å². The third-order valence-corrected chi connectivity index (χ3v) is 5.20. The van der Waals surface area contributed by atoms with E-state index in [1.807, 2.05) is 6.92 Å². The van der Waals surface area contributed by atoms with Crippen molar-refractivity contribution in [3.63, 3.8) is 0 Å². The molecule has 9 heteroatoms. The minimum absolute atomic E-state index is 0.162. The molecule has 1 aliphatic carbocycles. The number of hydrazone groups is 1. The van der Waals surface area contributed by atoms with Gasteiger partial charge in [0.15, 0.2) is 23.0 Å². The lowest BCUT2D eigenvalue weighted by atomic mass is 9.93. The summed E-state index contributed by atoms with van der Waals surface area (Å²) in [7, 11) is 0. The molecule has 3 heterocycles. The van der Waals surface area contributed by atoms with Crippen LogP contribution in [0.1, 0.15) is 50.8 Å². The van der Waals surface area contributed by atoms with E-state index in [1.54, 1.807) is 30.3 Å². The number of nitrogens with one attached hydrogen (secondary N) is 2. The Morgan fingerprint density at radius 3 is 2.77 bits per heavy atom. The average Bonchev–Trinajstić information content (AvgIpc) is 3.52. The van der Waals surface area contributed by atoms with Crippen LogP contribution in [0.3, 0.4) is 0 Å². The van der Waals surface area contributed by atoms with Crippen molar-refractivity contribution in [2.24, 2.45) is 5.10 Å². The first kappa shape index (κ1) is 19.0. The maximum absolute atomic E-state index is 12.9. The summed E-state index contributed by atoms with van der Waals surface area (Å²) in [6.45, 7) is 1.97. The number of furan rings is 2. The third-order valence-electron chi connectivity index (χ3n) is 5.20. The fourth-order valence-corrected chi connectivity index (χ4v) is 3.74. The van der Waals surface area contributed by atoms with Gasteiger partial charge in [0.1, 0.15) is 5.76 Å². The van der Waals surface area contributed by atoms with Crippen LogP contribution in [0.25, 0.3) is 0 Å². The molecule has 0 bridgehead atoms. The Balaban J connectivity index is 1.37. The zero-order valence-electron chi connectivity index (χ0n) is 16.7. The molecular formula is C22H19N3O6. The highest BCUT2D eigenvalue weighted by Crippen LogP contribution is 2.35. The Morgan fingerprint density at radius 1 is 1.06 bits per heavy atom. The van der Waals surface area contributed by atoms with Gasteiger partial charge in [-0.15, -0.1) is 0 Å². The van der Waals surface area contributed by atoms with E-state index >= 15 is 0 Å². The van der Waals surface area contributed by atoms with Crippen molar-refractivity contribution in [3.05, 3.63) is 65.0 Å². The molecule has 0 spiro atoms. The van der Waals surface area contributed by atoms with Crippen molar-refractivity contribution in [2.45, 2.75) is 26.2 Å². The van der Waals surface area contributed by atoms with Gasteiger partial charge in [0.25, 0.3) is 5.91 Å². The van der Waals surface area contributed by atoms with E-state index in [9.17, 15) is 9.59 Å². The predicted octanol–water partition coefficient (Wildman–Crippen LogP) is 3.63. The first-order valence-corrected chi connectivity index (χ1v) is 9.84. The first-order chi connectivity index (χ1) is 15.1. The topological polar surface area (TPSA) is 115 Å². The molecule has 0 unspecified atom stereocenters. The molecule has 2 amide bonds. The number of hydrogen-bond acceptors (Lipinski definition) is 7. The van der Waals surface area contributed by atoms with Crippen LogP contribution in [0.2, 0.25) is 0 Å². The molecule has 1 aliphatic heterocycles. The van der Waals surface area contributed by atoms with Crippen molar-refractivity contribution >= 4 is 23.2 Å². The van der Waals surface area contributed by atoms with E-state index in [1.165, 1.54) is 6.26 Å². The van der Waals surface area contributed by atoms with Gasteiger partial charge in [-0.2, -0.15) is 5.10 Å². The van der Waals surface area contributed by atoms with E-state index in [4.69, 9.17) is 18.3 Å². The molecule has 2 aliphatic rings. The molecule has 0 saturated carbocycles. The number of fused-ring (bicyclic) bond motifs is 2. The summed E-state index contributed by atoms with van der Waals surface area (Å²) in [6, 6.07) is 8.37. The molecule has 0 radical (unpaired) electrons. The number of ether oxygens (including phenoxy) is 2. The highest BCUT2D eigenvalue weighted by molar-refractivity contribution is 6.09. The quantitative estimate of drug-likeness (QED) is 0.622. The van der Waals surface area contributed by atoms with Gasteiger partial charge in [0, 0.05) is 29.3 Å². The molecule has 0 atom stereocenters. The lowest BCUT2D eigenvalue weighted by Gasteiger charge is -2.13. The van der Waals surface area contributed by atoms with E-state index in [2.05, 4.69) is 15.8 Å². The summed E-state index contributed by atoms with van der Waals surface area (Å²) < 4.78 is 21.6. The SMILES string of the molecule is Cc1c(C(=O)Nc2ccc3c(c2)OCO3)oc2c1/C(=N/NC(=O)c1ccco1)CCC2. The number of benzene rings is 1. The molecule has 0 fully saturated rings. The molecule has 2 aromatic heterocycles. The summed E-state index contributed by atoms with van der Waals surface area (Å²) in [5.41, 5.74) is 5.20. The van der Waals surface area contributed by atoms with Crippen LogP contribution >= 0.6 is 0 Å². The van der Waals surface area contributed by atoms with Gasteiger partial charge < -0.3 is 23.6 Å². The molecule has 0 saturated heterocycles. The minimum atomic E-state index is -0.438. The van der Waals surface area contributed by atoms with E-state index in [0.29, 0.717) is 47.1 Å². The molecular weight excluding hydrogens is 402 g/mol. The number of amides is 2. The normalized spacial score (nSPS) is 15.6. The number of carbonyl (C=O) groups excluding carboxylic acids is 2. The Labute approximate surface area is 177 Å². The number of carbonyl (C=O) groups is 2. The first-order valence-electron chi connectivity index (χ1n) is 9.84. The van der Waals surface area contributed by atoms with Gasteiger partial charge in [-0.3, -0.25) is 9.59 Å². The molecule has 1 aromatic carbocycles. The summed E-state index contributed by atoms with van der Waals surface area (Å²) in [4.78, 5) is 25.0. The second-order valence-corrected chi connectivity index (χ2v) is 7.21. The van der Waals surface area contributed by atoms with E-state index in [-0.39, 0.29) is 24.2 Å². The van der Waals surface area contributed by atoms with Gasteiger partial charge in [0.05, 0.1) is 12.0 Å². The zero-order chi connectivity index (χ0) is 21.4. The Hall–Kier alpha value is -4.01. The van der Waals surface area contributed by atoms with Crippen LogP contribution in [0, 0.1) is 6.92 Å². The molecule has 3 aromatic rings. The average molecular weight is 421 g/mol. The highest BCUT2D eigenvalue weighted by Gasteiger charge is 2.28. The van der Waals surface area contributed by atoms with Crippen LogP contribution in [-0.2, 0) is 6.42 Å². The zero-order valence-corrected chi connectivity index (χ0v) is 16.7. The summed E-state index contributed by atoms with van der Waals surface area (Å²) in [6.07, 6.45) is 3.58. The molecule has 5 rings (SSSR count). The Kier molecular flexibility index (Phi) is 4.70. The number of anilines is 1. The molecule has 31 heavy (non-hydrogen) atoms. The maximum atomic E-state index is 12.9. The van der Waals surface area contributed by atoms with Crippen LogP contribution in [0.4, 0.5) is 5.69 Å². The Bertz CT molecular complexity index is 1190. The second-order valence-electron chi connectivity index (χ2n) is 7.21. The molecule has 158 valence electrons. The predicted molar refractivity (Wildman–Crippen MR) is 110 cm³/mol. The van der Waals surface area contributed by atoms with Gasteiger partial charge in [-0.1, -0.05) is 0 Å². The minimum Gasteiger partial charge on any atom is -0.459 e. The summed E-state index contributed by atoms with van der Waals surface area (Å²) in [5.74, 6) is 1.49. The van der Waals surface area contributed by atoms with Gasteiger partial charge in [0.2, 0.25) is 6.79 Å². The lowest BCUT2D eigenvalue weighted by molar-refractivity contribution is 0.0926. The maximum Gasteiger partial charge on any atom is 0.307 e. The van der Waals surface area contributed by atoms with Gasteiger partial charge >= 0.3 is 5.91 Å². The fraction of sp³-hybridized carbons (Fsp3) is 0.227. The number of nitrogens with zero attached hydrogens (tertiary/aromatic N) is 1. The standard InChI is InChI=1S/C22H19N3O6/c1-12-19-14(24-25-21(26)17-6-3-9-28-17)4-2-5-16(19)31-20(12)22(27)23-13-7-8-15-18(10-13)30-11-29-15/h3,6-10H,2,4-5,11H2,1H3,(H,23,27)(H,25,26)/b24-14+. The summed E-state index contributed by atoms with van der Waals surface area (Å²) >= 11 is 0. The van der Waals surface area contributed by atoms with Crippen LogP contribution in [0.15, 0.2) is 50.5 Å².